The van der Waals surface area contributed by atoms with Crippen LogP contribution in [-0.2, 0) is 23.0 Å². The third kappa shape index (κ3) is 4.34. The van der Waals surface area contributed by atoms with Crippen LogP contribution >= 0.6 is 11.3 Å². The molecule has 8 heteroatoms. The second-order valence-electron chi connectivity index (χ2n) is 6.94. The molecule has 3 aromatic rings. The number of carbonyl (C=O) groups is 1. The first kappa shape index (κ1) is 19.6. The van der Waals surface area contributed by atoms with E-state index in [-0.39, 0.29) is 12.6 Å². The second kappa shape index (κ2) is 7.98. The smallest absolute Gasteiger partial charge is 0.308 e. The van der Waals surface area contributed by atoms with E-state index < -0.39 is 10.0 Å². The molecule has 2 amide bonds. The van der Waals surface area contributed by atoms with Gasteiger partial charge in [0.15, 0.2) is 0 Å². The number of hydrogen-bond donors (Lipinski definition) is 2. The Balaban J connectivity index is 1.50. The highest BCUT2D eigenvalue weighted by molar-refractivity contribution is 7.89. The van der Waals surface area contributed by atoms with E-state index in [0.29, 0.717) is 23.5 Å². The molecule has 2 N–H and O–H groups in total. The van der Waals surface area contributed by atoms with Gasteiger partial charge in [-0.25, -0.2) is 13.2 Å². The highest BCUT2D eigenvalue weighted by Crippen LogP contribution is 2.27. The number of hydrogen-bond acceptors (Lipinski definition) is 4. The zero-order valence-corrected chi connectivity index (χ0v) is 17.5. The number of sulfonamides is 1. The van der Waals surface area contributed by atoms with Crippen LogP contribution in [0.4, 0.5) is 15.5 Å². The van der Waals surface area contributed by atoms with Crippen LogP contribution in [0.25, 0.3) is 0 Å². The molecule has 0 aliphatic carbocycles. The lowest BCUT2D eigenvalue weighted by molar-refractivity contribution is 0.262. The molecule has 2 heterocycles. The van der Waals surface area contributed by atoms with Gasteiger partial charge < -0.3 is 5.32 Å². The average Bonchev–Trinajstić information content (AvgIpc) is 3.20. The van der Waals surface area contributed by atoms with Crippen LogP contribution in [0.5, 0.6) is 0 Å². The van der Waals surface area contributed by atoms with Crippen LogP contribution in [0.15, 0.2) is 64.9 Å². The number of nitrogens with one attached hydrogen (secondary N) is 2. The average molecular weight is 428 g/mol. The maximum absolute atomic E-state index is 13.0. The van der Waals surface area contributed by atoms with Gasteiger partial charge in [-0.3, -0.25) is 5.32 Å². The number of carbonyl (C=O) groups excluding carboxylic acids is 1. The lowest BCUT2D eigenvalue weighted by Crippen LogP contribution is -2.36. The minimum atomic E-state index is -3.56. The van der Waals surface area contributed by atoms with Crippen LogP contribution in [0.1, 0.15) is 16.7 Å². The second-order valence-corrected chi connectivity index (χ2v) is 9.83. The number of fused-ring (bicyclic) bond motifs is 1. The van der Waals surface area contributed by atoms with Gasteiger partial charge in [-0.15, -0.1) is 11.3 Å². The van der Waals surface area contributed by atoms with Crippen LogP contribution in [0.3, 0.4) is 0 Å². The van der Waals surface area contributed by atoms with Crippen molar-refractivity contribution in [2.75, 3.05) is 17.2 Å². The quantitative estimate of drug-likeness (QED) is 0.646. The molecule has 29 heavy (non-hydrogen) atoms. The number of rotatable bonds is 4. The first-order valence-electron chi connectivity index (χ1n) is 9.22. The fourth-order valence-electron chi connectivity index (χ4n) is 3.30. The molecule has 150 valence electrons. The largest absolute Gasteiger partial charge is 0.324 e. The van der Waals surface area contributed by atoms with Crippen molar-refractivity contribution < 1.29 is 13.2 Å². The van der Waals surface area contributed by atoms with E-state index >= 15 is 0 Å². The summed E-state index contributed by atoms with van der Waals surface area (Å²) in [6.45, 7) is 2.65. The van der Waals surface area contributed by atoms with Gasteiger partial charge in [0, 0.05) is 18.8 Å². The van der Waals surface area contributed by atoms with Gasteiger partial charge in [-0.05, 0) is 66.2 Å². The number of urea groups is 1. The summed E-state index contributed by atoms with van der Waals surface area (Å²) < 4.78 is 27.5. The van der Waals surface area contributed by atoms with Crippen molar-refractivity contribution in [3.8, 4) is 0 Å². The van der Waals surface area contributed by atoms with E-state index in [1.54, 1.807) is 24.3 Å². The molecule has 0 saturated heterocycles. The molecule has 0 spiro atoms. The topological polar surface area (TPSA) is 78.5 Å². The lowest BCUT2D eigenvalue weighted by Gasteiger charge is -2.28. The first-order valence-corrected chi connectivity index (χ1v) is 11.5. The highest BCUT2D eigenvalue weighted by Gasteiger charge is 2.28. The standard InChI is InChI=1S/C21H21N3O3S2/c1-15-4-8-19(9-5-15)29(26,27)24-11-10-16-6-7-18(13-17(16)14-24)22-21(25)23-20-3-2-12-28-20/h2-9,12-13H,10-11,14H2,1H3,(H2,22,23,25). The van der Waals surface area contributed by atoms with Crippen molar-refractivity contribution in [3.63, 3.8) is 0 Å². The van der Waals surface area contributed by atoms with Crippen molar-refractivity contribution in [3.05, 3.63) is 76.7 Å². The molecule has 0 atom stereocenters. The Morgan fingerprint density at radius 3 is 2.55 bits per heavy atom. The van der Waals surface area contributed by atoms with Gasteiger partial charge >= 0.3 is 6.03 Å². The highest BCUT2D eigenvalue weighted by atomic mass is 32.2. The number of benzene rings is 2. The maximum Gasteiger partial charge on any atom is 0.324 e. The van der Waals surface area contributed by atoms with Crippen molar-refractivity contribution in [1.82, 2.24) is 4.31 Å². The molecule has 1 aromatic heterocycles. The summed E-state index contributed by atoms with van der Waals surface area (Å²) in [6.07, 6.45) is 0.641. The fraction of sp³-hybridized carbons (Fsp3) is 0.190. The molecule has 1 aliphatic heterocycles. The zero-order valence-electron chi connectivity index (χ0n) is 15.9. The van der Waals surface area contributed by atoms with Crippen LogP contribution < -0.4 is 10.6 Å². The van der Waals surface area contributed by atoms with E-state index in [9.17, 15) is 13.2 Å². The number of nitrogens with zero attached hydrogens (tertiary/aromatic N) is 1. The summed E-state index contributed by atoms with van der Waals surface area (Å²) in [5.41, 5.74) is 3.65. The number of thiophene rings is 1. The number of aryl methyl sites for hydroxylation is 1. The first-order chi connectivity index (χ1) is 13.9. The molecular weight excluding hydrogens is 406 g/mol. The molecule has 0 unspecified atom stereocenters. The third-order valence-electron chi connectivity index (χ3n) is 4.86. The van der Waals surface area contributed by atoms with Gasteiger partial charge in [-0.1, -0.05) is 23.8 Å². The lowest BCUT2D eigenvalue weighted by atomic mass is 10.0. The minimum Gasteiger partial charge on any atom is -0.308 e. The van der Waals surface area contributed by atoms with Gasteiger partial charge in [0.2, 0.25) is 10.0 Å². The van der Waals surface area contributed by atoms with E-state index in [1.165, 1.54) is 15.6 Å². The van der Waals surface area contributed by atoms with Gasteiger partial charge in [-0.2, -0.15) is 4.31 Å². The number of amides is 2. The molecule has 6 nitrogen and oxygen atoms in total. The van der Waals surface area contributed by atoms with Crippen LogP contribution in [0.2, 0.25) is 0 Å². The summed E-state index contributed by atoms with van der Waals surface area (Å²) >= 11 is 1.44. The van der Waals surface area contributed by atoms with Gasteiger partial charge in [0.1, 0.15) is 0 Å². The Labute approximate surface area is 174 Å². The summed E-state index contributed by atoms with van der Waals surface area (Å²) in [7, 11) is -3.56. The van der Waals surface area contributed by atoms with Crippen molar-refractivity contribution in [1.29, 1.82) is 0 Å². The van der Waals surface area contributed by atoms with E-state index in [1.807, 2.05) is 42.6 Å². The molecule has 4 rings (SSSR count). The molecule has 2 aromatic carbocycles. The Bertz CT molecular complexity index is 1120. The van der Waals surface area contributed by atoms with Crippen LogP contribution in [0, 0.1) is 6.92 Å². The monoisotopic (exact) mass is 427 g/mol. The SMILES string of the molecule is Cc1ccc(S(=O)(=O)N2CCc3ccc(NC(=O)Nc4cccs4)cc3C2)cc1. The summed E-state index contributed by atoms with van der Waals surface area (Å²) in [4.78, 5) is 12.5. The van der Waals surface area contributed by atoms with E-state index in [4.69, 9.17) is 0 Å². The normalized spacial score (nSPS) is 14.2. The van der Waals surface area contributed by atoms with Crippen molar-refractivity contribution in [2.24, 2.45) is 0 Å². The molecule has 0 bridgehead atoms. The summed E-state index contributed by atoms with van der Waals surface area (Å²) in [6, 6.07) is 15.9. The van der Waals surface area contributed by atoms with E-state index in [0.717, 1.165) is 21.7 Å². The molecular formula is C21H21N3O3S2. The molecule has 0 radical (unpaired) electrons. The Hall–Kier alpha value is -2.68. The predicted molar refractivity (Wildman–Crippen MR) is 116 cm³/mol. The minimum absolute atomic E-state index is 0.285. The van der Waals surface area contributed by atoms with Gasteiger partial charge in [0.25, 0.3) is 0 Å². The van der Waals surface area contributed by atoms with Crippen molar-refractivity contribution in [2.45, 2.75) is 24.8 Å². The third-order valence-corrected chi connectivity index (χ3v) is 7.50. The predicted octanol–water partition coefficient (Wildman–Crippen LogP) is 4.45. The maximum atomic E-state index is 13.0. The zero-order chi connectivity index (χ0) is 20.4. The Kier molecular flexibility index (Phi) is 5.40. The van der Waals surface area contributed by atoms with E-state index in [2.05, 4.69) is 10.6 Å². The molecule has 0 fully saturated rings. The van der Waals surface area contributed by atoms with Crippen molar-refractivity contribution >= 4 is 38.1 Å². The summed E-state index contributed by atoms with van der Waals surface area (Å²) in [5, 5.41) is 8.23. The molecule has 1 aliphatic rings. The fourth-order valence-corrected chi connectivity index (χ4v) is 5.33. The molecule has 0 saturated carbocycles. The van der Waals surface area contributed by atoms with Crippen LogP contribution in [-0.4, -0.2) is 25.3 Å². The van der Waals surface area contributed by atoms with Gasteiger partial charge in [0.05, 0.1) is 9.90 Å². The summed E-state index contributed by atoms with van der Waals surface area (Å²) in [5.74, 6) is 0. The number of anilines is 2. The Morgan fingerprint density at radius 1 is 1.03 bits per heavy atom. The Morgan fingerprint density at radius 2 is 1.83 bits per heavy atom.